The third-order valence-electron chi connectivity index (χ3n) is 2.84. The van der Waals surface area contributed by atoms with Crippen molar-refractivity contribution < 1.29 is 4.79 Å². The van der Waals surface area contributed by atoms with Crippen LogP contribution in [0.3, 0.4) is 0 Å². The molecule has 1 heterocycles. The molecular weight excluding hydrogens is 226 g/mol. The predicted octanol–water partition coefficient (Wildman–Crippen LogP) is 1.82. The van der Waals surface area contributed by atoms with Crippen molar-refractivity contribution >= 4 is 5.91 Å². The monoisotopic (exact) mass is 249 g/mol. The normalized spacial score (nSPS) is 10.7. The molecule has 0 saturated carbocycles. The highest BCUT2D eigenvalue weighted by atomic mass is 16.2. The van der Waals surface area contributed by atoms with E-state index in [-0.39, 0.29) is 11.9 Å². The Morgan fingerprint density at radius 1 is 1.50 bits per heavy atom. The van der Waals surface area contributed by atoms with Crippen LogP contribution in [0.25, 0.3) is 0 Å². The van der Waals surface area contributed by atoms with Gasteiger partial charge in [0.1, 0.15) is 0 Å². The van der Waals surface area contributed by atoms with Gasteiger partial charge < -0.3 is 10.2 Å². The minimum Gasteiger partial charge on any atom is -0.336 e. The Hall–Kier alpha value is -1.42. The van der Waals surface area contributed by atoms with E-state index in [0.717, 1.165) is 18.5 Å². The minimum atomic E-state index is 0.212. The van der Waals surface area contributed by atoms with Crippen LogP contribution in [0.4, 0.5) is 0 Å². The van der Waals surface area contributed by atoms with Gasteiger partial charge in [-0.1, -0.05) is 6.07 Å². The van der Waals surface area contributed by atoms with Crippen LogP contribution in [0.15, 0.2) is 24.5 Å². The largest absolute Gasteiger partial charge is 0.336 e. The molecule has 0 aromatic carbocycles. The number of carbonyl (C=O) groups excluding carboxylic acids is 1. The Bertz CT molecular complexity index is 351. The molecule has 4 nitrogen and oxygen atoms in total. The number of nitrogens with zero attached hydrogens (tertiary/aromatic N) is 2. The molecule has 0 aliphatic rings. The van der Waals surface area contributed by atoms with E-state index in [0.29, 0.717) is 13.0 Å². The molecule has 0 unspecified atom stereocenters. The molecule has 0 atom stereocenters. The highest BCUT2D eigenvalue weighted by Crippen LogP contribution is 2.09. The molecule has 100 valence electrons. The maximum atomic E-state index is 12.1. The van der Waals surface area contributed by atoms with Crippen molar-refractivity contribution in [2.45, 2.75) is 39.3 Å². The zero-order valence-electron chi connectivity index (χ0n) is 11.5. The van der Waals surface area contributed by atoms with Crippen molar-refractivity contribution in [1.29, 1.82) is 0 Å². The second-order valence-electron chi connectivity index (χ2n) is 4.68. The Labute approximate surface area is 109 Å². The number of pyridine rings is 1. The molecule has 1 aromatic heterocycles. The molecule has 0 aliphatic carbocycles. The third-order valence-corrected chi connectivity index (χ3v) is 2.84. The smallest absolute Gasteiger partial charge is 0.223 e. The van der Waals surface area contributed by atoms with Gasteiger partial charge in [0.25, 0.3) is 0 Å². The number of hydrogen-bond donors (Lipinski definition) is 1. The lowest BCUT2D eigenvalue weighted by atomic mass is 10.2. The topological polar surface area (TPSA) is 45.2 Å². The first kappa shape index (κ1) is 14.6. The molecule has 4 heteroatoms. The summed E-state index contributed by atoms with van der Waals surface area (Å²) in [7, 11) is 1.90. The van der Waals surface area contributed by atoms with Crippen LogP contribution >= 0.6 is 0 Å². The van der Waals surface area contributed by atoms with Gasteiger partial charge >= 0.3 is 0 Å². The van der Waals surface area contributed by atoms with Gasteiger partial charge in [-0.05, 0) is 45.5 Å². The van der Waals surface area contributed by atoms with E-state index >= 15 is 0 Å². The lowest BCUT2D eigenvalue weighted by Crippen LogP contribution is -2.36. The number of nitrogens with one attached hydrogen (secondary N) is 1. The molecule has 1 N–H and O–H groups in total. The van der Waals surface area contributed by atoms with Crippen molar-refractivity contribution in [3.05, 3.63) is 30.1 Å². The predicted molar refractivity (Wildman–Crippen MR) is 73.1 cm³/mol. The third kappa shape index (κ3) is 4.84. The summed E-state index contributed by atoms with van der Waals surface area (Å²) in [5.74, 6) is 0.212. The van der Waals surface area contributed by atoms with E-state index in [2.05, 4.69) is 10.3 Å². The average molecular weight is 249 g/mol. The summed E-state index contributed by atoms with van der Waals surface area (Å²) >= 11 is 0. The second kappa shape index (κ2) is 7.82. The van der Waals surface area contributed by atoms with Gasteiger partial charge in [-0.15, -0.1) is 0 Å². The zero-order chi connectivity index (χ0) is 13.4. The summed E-state index contributed by atoms with van der Waals surface area (Å²) < 4.78 is 0. The molecular formula is C14H23N3O. The first-order valence-corrected chi connectivity index (χ1v) is 6.48. The van der Waals surface area contributed by atoms with E-state index < -0.39 is 0 Å². The summed E-state index contributed by atoms with van der Waals surface area (Å²) in [6.45, 7) is 5.62. The molecule has 1 rings (SSSR count). The van der Waals surface area contributed by atoms with E-state index in [4.69, 9.17) is 0 Å². The van der Waals surface area contributed by atoms with Gasteiger partial charge in [-0.3, -0.25) is 9.78 Å². The zero-order valence-corrected chi connectivity index (χ0v) is 11.5. The van der Waals surface area contributed by atoms with Crippen molar-refractivity contribution in [3.63, 3.8) is 0 Å². The molecule has 0 aliphatic heterocycles. The number of hydrogen-bond acceptors (Lipinski definition) is 3. The molecule has 0 fully saturated rings. The lowest BCUT2D eigenvalue weighted by Gasteiger charge is -2.27. The molecule has 1 aromatic rings. The van der Waals surface area contributed by atoms with Gasteiger partial charge in [0.05, 0.1) is 0 Å². The van der Waals surface area contributed by atoms with Crippen molar-refractivity contribution in [1.82, 2.24) is 15.2 Å². The molecule has 0 spiro atoms. The van der Waals surface area contributed by atoms with Gasteiger partial charge in [-0.2, -0.15) is 0 Å². The van der Waals surface area contributed by atoms with Crippen LogP contribution in [0.2, 0.25) is 0 Å². The number of amides is 1. The second-order valence-corrected chi connectivity index (χ2v) is 4.68. The fourth-order valence-corrected chi connectivity index (χ4v) is 1.81. The SMILES string of the molecule is CNCCCC(=O)N(Cc1cccnc1)C(C)C. The lowest BCUT2D eigenvalue weighted by molar-refractivity contribution is -0.133. The summed E-state index contributed by atoms with van der Waals surface area (Å²) in [5.41, 5.74) is 1.08. The van der Waals surface area contributed by atoms with Gasteiger partial charge in [-0.25, -0.2) is 0 Å². The van der Waals surface area contributed by atoms with Crippen molar-refractivity contribution in [2.24, 2.45) is 0 Å². The standard InChI is InChI=1S/C14H23N3O/c1-12(2)17(14(18)7-5-8-15-3)11-13-6-4-9-16-10-13/h4,6,9-10,12,15H,5,7-8,11H2,1-3H3. The van der Waals surface area contributed by atoms with Crippen LogP contribution in [0.5, 0.6) is 0 Å². The Morgan fingerprint density at radius 2 is 2.28 bits per heavy atom. The summed E-state index contributed by atoms with van der Waals surface area (Å²) in [6, 6.07) is 4.12. The summed E-state index contributed by atoms with van der Waals surface area (Å²) in [4.78, 5) is 18.1. The number of aromatic nitrogens is 1. The maximum absolute atomic E-state index is 12.1. The highest BCUT2D eigenvalue weighted by Gasteiger charge is 2.16. The van der Waals surface area contributed by atoms with Crippen LogP contribution in [0.1, 0.15) is 32.3 Å². The maximum Gasteiger partial charge on any atom is 0.223 e. The quantitative estimate of drug-likeness (QED) is 0.750. The molecule has 0 radical (unpaired) electrons. The van der Waals surface area contributed by atoms with Crippen molar-refractivity contribution in [2.75, 3.05) is 13.6 Å². The molecule has 0 bridgehead atoms. The minimum absolute atomic E-state index is 0.212. The van der Waals surface area contributed by atoms with Crippen LogP contribution in [0, 0.1) is 0 Å². The fourth-order valence-electron chi connectivity index (χ4n) is 1.81. The van der Waals surface area contributed by atoms with Gasteiger partial charge in [0, 0.05) is 31.4 Å². The molecule has 1 amide bonds. The van der Waals surface area contributed by atoms with Gasteiger partial charge in [0.15, 0.2) is 0 Å². The number of rotatable bonds is 7. The first-order valence-electron chi connectivity index (χ1n) is 6.48. The van der Waals surface area contributed by atoms with E-state index in [1.54, 1.807) is 6.20 Å². The molecule has 0 saturated heterocycles. The van der Waals surface area contributed by atoms with E-state index in [1.807, 2.05) is 44.1 Å². The Balaban J connectivity index is 2.57. The molecule has 18 heavy (non-hydrogen) atoms. The number of carbonyl (C=O) groups is 1. The van der Waals surface area contributed by atoms with E-state index in [1.165, 1.54) is 0 Å². The summed E-state index contributed by atoms with van der Waals surface area (Å²) in [5, 5.41) is 3.06. The van der Waals surface area contributed by atoms with Crippen LogP contribution in [-0.2, 0) is 11.3 Å². The fraction of sp³-hybridized carbons (Fsp3) is 0.571. The first-order chi connectivity index (χ1) is 8.65. The Kier molecular flexibility index (Phi) is 6.36. The van der Waals surface area contributed by atoms with Gasteiger partial charge in [0.2, 0.25) is 5.91 Å². The van der Waals surface area contributed by atoms with Crippen LogP contribution in [-0.4, -0.2) is 35.4 Å². The average Bonchev–Trinajstić information content (AvgIpc) is 2.37. The Morgan fingerprint density at radius 3 is 2.83 bits per heavy atom. The van der Waals surface area contributed by atoms with E-state index in [9.17, 15) is 4.79 Å². The summed E-state index contributed by atoms with van der Waals surface area (Å²) in [6.07, 6.45) is 5.04. The highest BCUT2D eigenvalue weighted by molar-refractivity contribution is 5.76. The van der Waals surface area contributed by atoms with Crippen molar-refractivity contribution in [3.8, 4) is 0 Å². The van der Waals surface area contributed by atoms with Crippen LogP contribution < -0.4 is 5.32 Å².